The van der Waals surface area contributed by atoms with E-state index in [1.807, 2.05) is 24.3 Å². The van der Waals surface area contributed by atoms with Crippen molar-refractivity contribution in [3.63, 3.8) is 0 Å². The maximum Gasteiger partial charge on any atom is 0.0478 e. The van der Waals surface area contributed by atoms with Crippen LogP contribution in [0.5, 0.6) is 0 Å². The molecule has 0 bridgehead atoms. The summed E-state index contributed by atoms with van der Waals surface area (Å²) in [5.41, 5.74) is 1.11. The molecule has 1 aliphatic rings. The molecule has 1 N–H and O–H groups in total. The molecule has 0 spiro atoms. The smallest absolute Gasteiger partial charge is 0.0478 e. The first kappa shape index (κ1) is 12.6. The van der Waals surface area contributed by atoms with Crippen molar-refractivity contribution in [2.24, 2.45) is 0 Å². The average molecular weight is 251 g/mol. The Morgan fingerprint density at radius 3 is 2.76 bits per heavy atom. The van der Waals surface area contributed by atoms with E-state index in [0.717, 1.165) is 36.6 Å². The van der Waals surface area contributed by atoms with Crippen LogP contribution >= 0.6 is 11.6 Å². The van der Waals surface area contributed by atoms with E-state index < -0.39 is 0 Å². The first-order valence-corrected chi connectivity index (χ1v) is 6.58. The second-order valence-corrected chi connectivity index (χ2v) is 4.71. The summed E-state index contributed by atoms with van der Waals surface area (Å²) < 4.78 is 0. The van der Waals surface area contributed by atoms with Gasteiger partial charge in [0.15, 0.2) is 0 Å². The number of rotatable bonds is 4. The molecule has 1 aromatic carbocycles. The predicted molar refractivity (Wildman–Crippen MR) is 74.4 cm³/mol. The molecule has 17 heavy (non-hydrogen) atoms. The van der Waals surface area contributed by atoms with Crippen LogP contribution in [-0.2, 0) is 0 Å². The maximum absolute atomic E-state index is 6.08. The fourth-order valence-electron chi connectivity index (χ4n) is 2.01. The molecule has 92 valence electrons. The molecule has 0 unspecified atom stereocenters. The molecule has 3 heteroatoms. The standard InChI is InChI=1S/C14H19ClN2/c15-14-7-2-1-5-13(14)6-3-4-10-17-11-8-16-9-12-17/h1-3,5-7,16H,4,8-12H2/b6-3+. The van der Waals surface area contributed by atoms with Gasteiger partial charge in [-0.15, -0.1) is 0 Å². The number of halogens is 1. The monoisotopic (exact) mass is 250 g/mol. The van der Waals surface area contributed by atoms with Gasteiger partial charge >= 0.3 is 0 Å². The minimum Gasteiger partial charge on any atom is -0.314 e. The third kappa shape index (κ3) is 4.15. The lowest BCUT2D eigenvalue weighted by molar-refractivity contribution is 0.245. The van der Waals surface area contributed by atoms with E-state index in [2.05, 4.69) is 22.4 Å². The third-order valence-electron chi connectivity index (χ3n) is 3.02. The molecule has 1 aliphatic heterocycles. The number of hydrogen-bond acceptors (Lipinski definition) is 2. The quantitative estimate of drug-likeness (QED) is 0.884. The fourth-order valence-corrected chi connectivity index (χ4v) is 2.21. The molecule has 1 heterocycles. The van der Waals surface area contributed by atoms with E-state index in [4.69, 9.17) is 11.6 Å². The van der Waals surface area contributed by atoms with Gasteiger partial charge in [-0.3, -0.25) is 0 Å². The molecule has 0 atom stereocenters. The number of hydrogen-bond donors (Lipinski definition) is 1. The van der Waals surface area contributed by atoms with E-state index in [-0.39, 0.29) is 0 Å². The van der Waals surface area contributed by atoms with E-state index >= 15 is 0 Å². The Morgan fingerprint density at radius 1 is 1.24 bits per heavy atom. The normalized spacial score (nSPS) is 17.7. The zero-order chi connectivity index (χ0) is 11.9. The summed E-state index contributed by atoms with van der Waals surface area (Å²) in [5, 5.41) is 4.19. The van der Waals surface area contributed by atoms with Crippen molar-refractivity contribution >= 4 is 17.7 Å². The molecule has 2 nitrogen and oxygen atoms in total. The summed E-state index contributed by atoms with van der Waals surface area (Å²) in [4.78, 5) is 2.49. The van der Waals surface area contributed by atoms with Crippen molar-refractivity contribution < 1.29 is 0 Å². The molecule has 1 fully saturated rings. The number of benzene rings is 1. The van der Waals surface area contributed by atoms with Crippen molar-refractivity contribution in [3.05, 3.63) is 40.9 Å². The predicted octanol–water partition coefficient (Wildman–Crippen LogP) is 2.65. The molecule has 0 aliphatic carbocycles. The highest BCUT2D eigenvalue weighted by Crippen LogP contribution is 2.16. The van der Waals surface area contributed by atoms with Gasteiger partial charge in [-0.05, 0) is 18.1 Å². The second-order valence-electron chi connectivity index (χ2n) is 4.30. The highest BCUT2D eigenvalue weighted by atomic mass is 35.5. The molecule has 2 rings (SSSR count). The molecule has 0 amide bonds. The minimum atomic E-state index is 0.825. The zero-order valence-electron chi connectivity index (χ0n) is 10.0. The highest BCUT2D eigenvalue weighted by molar-refractivity contribution is 6.32. The van der Waals surface area contributed by atoms with Crippen molar-refractivity contribution in [3.8, 4) is 0 Å². The molecular weight excluding hydrogens is 232 g/mol. The Morgan fingerprint density at radius 2 is 2.00 bits per heavy atom. The van der Waals surface area contributed by atoms with Gasteiger partial charge in [0.2, 0.25) is 0 Å². The number of nitrogens with zero attached hydrogens (tertiary/aromatic N) is 1. The van der Waals surface area contributed by atoms with Crippen LogP contribution in [-0.4, -0.2) is 37.6 Å². The fraction of sp³-hybridized carbons (Fsp3) is 0.429. The lowest BCUT2D eigenvalue weighted by atomic mass is 10.2. The second kappa shape index (κ2) is 6.80. The van der Waals surface area contributed by atoms with Crippen LogP contribution in [0.25, 0.3) is 6.08 Å². The molecule has 0 aromatic heterocycles. The summed E-state index contributed by atoms with van der Waals surface area (Å²) >= 11 is 6.08. The first-order valence-electron chi connectivity index (χ1n) is 6.20. The van der Waals surface area contributed by atoms with Crippen LogP contribution in [0.3, 0.4) is 0 Å². The van der Waals surface area contributed by atoms with E-state index in [1.165, 1.54) is 13.1 Å². The highest BCUT2D eigenvalue weighted by Gasteiger charge is 2.07. The van der Waals surface area contributed by atoms with Crippen molar-refractivity contribution in [2.75, 3.05) is 32.7 Å². The van der Waals surface area contributed by atoms with Gasteiger partial charge in [0, 0.05) is 37.7 Å². The van der Waals surface area contributed by atoms with Crippen molar-refractivity contribution in [1.29, 1.82) is 0 Å². The van der Waals surface area contributed by atoms with Crippen LogP contribution in [0.4, 0.5) is 0 Å². The van der Waals surface area contributed by atoms with Gasteiger partial charge in [0.1, 0.15) is 0 Å². The number of nitrogens with one attached hydrogen (secondary N) is 1. The maximum atomic E-state index is 6.08. The zero-order valence-corrected chi connectivity index (χ0v) is 10.8. The number of piperazine rings is 1. The minimum absolute atomic E-state index is 0.825. The van der Waals surface area contributed by atoms with Crippen LogP contribution in [0.1, 0.15) is 12.0 Å². The van der Waals surface area contributed by atoms with Crippen LogP contribution in [0, 0.1) is 0 Å². The summed E-state index contributed by atoms with van der Waals surface area (Å²) in [5.74, 6) is 0. The average Bonchev–Trinajstić information content (AvgIpc) is 2.38. The van der Waals surface area contributed by atoms with Gasteiger partial charge < -0.3 is 10.2 Å². The Balaban J connectivity index is 1.76. The van der Waals surface area contributed by atoms with Crippen LogP contribution < -0.4 is 5.32 Å². The lowest BCUT2D eigenvalue weighted by Gasteiger charge is -2.26. The Bertz CT molecular complexity index is 370. The Hall–Kier alpha value is -0.830. The molecule has 1 aromatic rings. The summed E-state index contributed by atoms with van der Waals surface area (Å²) in [6.45, 7) is 5.71. The molecule has 0 saturated carbocycles. The Labute approximate surface area is 108 Å². The topological polar surface area (TPSA) is 15.3 Å². The Kier molecular flexibility index (Phi) is 5.05. The molecule has 1 saturated heterocycles. The summed E-state index contributed by atoms with van der Waals surface area (Å²) in [6, 6.07) is 7.95. The van der Waals surface area contributed by atoms with E-state index in [0.29, 0.717) is 0 Å². The van der Waals surface area contributed by atoms with Crippen molar-refractivity contribution in [1.82, 2.24) is 10.2 Å². The van der Waals surface area contributed by atoms with Gasteiger partial charge in [0.25, 0.3) is 0 Å². The first-order chi connectivity index (χ1) is 8.36. The van der Waals surface area contributed by atoms with E-state index in [1.54, 1.807) is 0 Å². The SMILES string of the molecule is Clc1ccccc1/C=C/CCN1CCNCC1. The van der Waals surface area contributed by atoms with Crippen molar-refractivity contribution in [2.45, 2.75) is 6.42 Å². The van der Waals surface area contributed by atoms with Gasteiger partial charge in [-0.1, -0.05) is 42.0 Å². The van der Waals surface area contributed by atoms with E-state index in [9.17, 15) is 0 Å². The van der Waals surface area contributed by atoms with Gasteiger partial charge in [-0.25, -0.2) is 0 Å². The van der Waals surface area contributed by atoms with Gasteiger partial charge in [0.05, 0.1) is 0 Å². The van der Waals surface area contributed by atoms with Crippen LogP contribution in [0.15, 0.2) is 30.3 Å². The molecule has 0 radical (unpaired) electrons. The lowest BCUT2D eigenvalue weighted by Crippen LogP contribution is -2.43. The molecular formula is C14H19ClN2. The summed E-state index contributed by atoms with van der Waals surface area (Å²) in [7, 11) is 0. The largest absolute Gasteiger partial charge is 0.314 e. The van der Waals surface area contributed by atoms with Crippen LogP contribution in [0.2, 0.25) is 5.02 Å². The summed E-state index contributed by atoms with van der Waals surface area (Å²) in [6.07, 6.45) is 5.42. The third-order valence-corrected chi connectivity index (χ3v) is 3.37. The van der Waals surface area contributed by atoms with Gasteiger partial charge in [-0.2, -0.15) is 0 Å².